The van der Waals surface area contributed by atoms with Crippen LogP contribution in [0, 0.1) is 0 Å². The summed E-state index contributed by atoms with van der Waals surface area (Å²) in [5.74, 6) is -0.0842. The van der Waals surface area contributed by atoms with Crippen molar-refractivity contribution in [1.82, 2.24) is 5.32 Å². The van der Waals surface area contributed by atoms with E-state index < -0.39 is 12.1 Å². The number of hydrogen-bond acceptors (Lipinski definition) is 5. The lowest BCUT2D eigenvalue weighted by Gasteiger charge is -2.20. The second-order valence-corrected chi connectivity index (χ2v) is 17.8. The molecule has 0 radical (unpaired) electrons. The quantitative estimate of drug-likeness (QED) is 0.0322. The SMILES string of the molecule is CCCCCCC/C=C\CCCCCCCC(=O)OCCCCCCCCCCC/C=C\CCCCCCCCCC(=O)NC(CO)C(O)/C=C/CCCCCCCCC. The van der Waals surface area contributed by atoms with E-state index in [4.69, 9.17) is 4.74 Å². The second kappa shape index (κ2) is 49.7. The number of carbonyl (C=O) groups is 2. The summed E-state index contributed by atoms with van der Waals surface area (Å²) in [6.07, 6.45) is 60.1. The summed E-state index contributed by atoms with van der Waals surface area (Å²) < 4.78 is 5.46. The van der Waals surface area contributed by atoms with Crippen LogP contribution in [0.4, 0.5) is 0 Å². The molecule has 2 unspecified atom stereocenters. The van der Waals surface area contributed by atoms with E-state index in [-0.39, 0.29) is 18.5 Å². The molecule has 6 heteroatoms. The number of hydrogen-bond donors (Lipinski definition) is 3. The predicted octanol–water partition coefficient (Wildman–Crippen LogP) is 15.7. The smallest absolute Gasteiger partial charge is 0.305 e. The molecule has 60 heavy (non-hydrogen) atoms. The molecule has 0 saturated heterocycles. The maximum atomic E-state index is 12.4. The first-order valence-corrected chi connectivity index (χ1v) is 26.3. The number of aliphatic hydroxyl groups is 2. The van der Waals surface area contributed by atoms with Gasteiger partial charge in [-0.05, 0) is 83.5 Å². The van der Waals surface area contributed by atoms with Gasteiger partial charge in [-0.25, -0.2) is 0 Å². The number of ether oxygens (including phenoxy) is 1. The van der Waals surface area contributed by atoms with Gasteiger partial charge in [-0.2, -0.15) is 0 Å². The van der Waals surface area contributed by atoms with Gasteiger partial charge in [-0.3, -0.25) is 9.59 Å². The number of esters is 1. The summed E-state index contributed by atoms with van der Waals surface area (Å²) in [6, 6.07) is -0.632. The summed E-state index contributed by atoms with van der Waals surface area (Å²) in [5, 5.41) is 22.9. The summed E-state index contributed by atoms with van der Waals surface area (Å²) >= 11 is 0. The second-order valence-electron chi connectivity index (χ2n) is 17.8. The van der Waals surface area contributed by atoms with E-state index in [1.54, 1.807) is 6.08 Å². The Labute approximate surface area is 373 Å². The van der Waals surface area contributed by atoms with Crippen LogP contribution >= 0.6 is 0 Å². The highest BCUT2D eigenvalue weighted by molar-refractivity contribution is 5.76. The molecule has 0 aromatic heterocycles. The molecule has 0 aromatic carbocycles. The Morgan fingerprint density at radius 3 is 1.18 bits per heavy atom. The van der Waals surface area contributed by atoms with E-state index in [9.17, 15) is 19.8 Å². The maximum Gasteiger partial charge on any atom is 0.305 e. The minimum absolute atomic E-state index is 0.00387. The van der Waals surface area contributed by atoms with Gasteiger partial charge in [0.25, 0.3) is 0 Å². The molecule has 2 atom stereocenters. The van der Waals surface area contributed by atoms with Gasteiger partial charge in [0.05, 0.1) is 25.4 Å². The van der Waals surface area contributed by atoms with Crippen LogP contribution in [0.2, 0.25) is 0 Å². The van der Waals surface area contributed by atoms with Crippen molar-refractivity contribution in [1.29, 1.82) is 0 Å². The summed E-state index contributed by atoms with van der Waals surface area (Å²) in [5.41, 5.74) is 0. The normalized spacial score (nSPS) is 12.9. The monoisotopic (exact) mass is 844 g/mol. The summed E-state index contributed by atoms with van der Waals surface area (Å²) in [6.45, 7) is 4.84. The van der Waals surface area contributed by atoms with Crippen molar-refractivity contribution in [2.75, 3.05) is 13.2 Å². The van der Waals surface area contributed by atoms with Crippen LogP contribution in [0.25, 0.3) is 0 Å². The standard InChI is InChI=1S/C54H101NO5/c1-3-5-7-9-11-13-14-15-25-28-32-36-40-44-48-54(59)60-49-45-41-37-33-29-26-23-21-19-17-16-18-20-22-24-27-31-35-39-43-47-53(58)55-51(50-56)52(57)46-42-38-34-30-12-10-8-6-4-2/h14-16,18,42,46,51-52,56-57H,3-13,17,19-41,43-45,47-50H2,1-2H3,(H,55,58)/b15-14-,18-16-,46-42+. The molecular weight excluding hydrogens is 743 g/mol. The van der Waals surface area contributed by atoms with Gasteiger partial charge in [0, 0.05) is 12.8 Å². The van der Waals surface area contributed by atoms with Crippen molar-refractivity contribution in [3.8, 4) is 0 Å². The van der Waals surface area contributed by atoms with Gasteiger partial charge in [0.15, 0.2) is 0 Å². The van der Waals surface area contributed by atoms with Gasteiger partial charge in [-0.15, -0.1) is 0 Å². The fourth-order valence-electron chi connectivity index (χ4n) is 7.80. The molecule has 0 saturated carbocycles. The van der Waals surface area contributed by atoms with E-state index in [1.807, 2.05) is 6.08 Å². The molecule has 0 bridgehead atoms. The van der Waals surface area contributed by atoms with Crippen LogP contribution in [-0.4, -0.2) is 47.4 Å². The fraction of sp³-hybridized carbons (Fsp3) is 0.852. The fourth-order valence-corrected chi connectivity index (χ4v) is 7.80. The van der Waals surface area contributed by atoms with Crippen molar-refractivity contribution in [2.45, 2.75) is 283 Å². The minimum atomic E-state index is -0.847. The van der Waals surface area contributed by atoms with Crippen LogP contribution in [0.15, 0.2) is 36.5 Å². The number of carbonyl (C=O) groups excluding carboxylic acids is 2. The molecule has 0 aliphatic carbocycles. The number of rotatable bonds is 48. The highest BCUT2D eigenvalue weighted by Crippen LogP contribution is 2.15. The zero-order valence-electron chi connectivity index (χ0n) is 39.9. The van der Waals surface area contributed by atoms with Crippen LogP contribution in [0.5, 0.6) is 0 Å². The molecule has 352 valence electrons. The van der Waals surface area contributed by atoms with E-state index >= 15 is 0 Å². The Morgan fingerprint density at radius 2 is 0.783 bits per heavy atom. The molecule has 0 aromatic rings. The molecule has 0 spiro atoms. The minimum Gasteiger partial charge on any atom is -0.466 e. The molecule has 0 aliphatic heterocycles. The zero-order valence-corrected chi connectivity index (χ0v) is 39.9. The van der Waals surface area contributed by atoms with Crippen molar-refractivity contribution >= 4 is 11.9 Å². The Morgan fingerprint density at radius 1 is 0.450 bits per heavy atom. The molecule has 3 N–H and O–H groups in total. The van der Waals surface area contributed by atoms with Gasteiger partial charge >= 0.3 is 5.97 Å². The number of amides is 1. The lowest BCUT2D eigenvalue weighted by Crippen LogP contribution is -2.45. The van der Waals surface area contributed by atoms with Crippen LogP contribution in [0.3, 0.4) is 0 Å². The molecular formula is C54H101NO5. The summed E-state index contributed by atoms with van der Waals surface area (Å²) in [7, 11) is 0. The Kier molecular flexibility index (Phi) is 48.1. The van der Waals surface area contributed by atoms with Crippen molar-refractivity contribution in [3.05, 3.63) is 36.5 Å². The largest absolute Gasteiger partial charge is 0.466 e. The Bertz CT molecular complexity index is 977. The first-order valence-electron chi connectivity index (χ1n) is 26.3. The van der Waals surface area contributed by atoms with Crippen molar-refractivity contribution in [2.24, 2.45) is 0 Å². The number of allylic oxidation sites excluding steroid dienone is 5. The topological polar surface area (TPSA) is 95.9 Å². The van der Waals surface area contributed by atoms with E-state index in [1.165, 1.54) is 193 Å². The van der Waals surface area contributed by atoms with E-state index in [0.717, 1.165) is 51.4 Å². The number of nitrogens with one attached hydrogen (secondary N) is 1. The lowest BCUT2D eigenvalue weighted by molar-refractivity contribution is -0.143. The van der Waals surface area contributed by atoms with Crippen LogP contribution in [-0.2, 0) is 14.3 Å². The Balaban J connectivity index is 3.43. The molecule has 6 nitrogen and oxygen atoms in total. The average Bonchev–Trinajstić information content (AvgIpc) is 3.25. The highest BCUT2D eigenvalue weighted by Gasteiger charge is 2.18. The van der Waals surface area contributed by atoms with Crippen molar-refractivity contribution in [3.63, 3.8) is 0 Å². The average molecular weight is 844 g/mol. The Hall–Kier alpha value is -1.92. The predicted molar refractivity (Wildman–Crippen MR) is 259 cm³/mol. The van der Waals surface area contributed by atoms with Gasteiger partial charge in [-0.1, -0.05) is 211 Å². The highest BCUT2D eigenvalue weighted by atomic mass is 16.5. The molecule has 1 amide bonds. The number of unbranched alkanes of at least 4 members (excludes halogenated alkanes) is 33. The maximum absolute atomic E-state index is 12.4. The third-order valence-electron chi connectivity index (χ3n) is 11.9. The summed E-state index contributed by atoms with van der Waals surface area (Å²) in [4.78, 5) is 24.4. The third kappa shape index (κ3) is 45.6. The van der Waals surface area contributed by atoms with E-state index in [0.29, 0.717) is 19.4 Å². The van der Waals surface area contributed by atoms with Gasteiger partial charge in [0.1, 0.15) is 0 Å². The third-order valence-corrected chi connectivity index (χ3v) is 11.9. The van der Waals surface area contributed by atoms with Crippen LogP contribution in [0.1, 0.15) is 271 Å². The number of aliphatic hydroxyl groups excluding tert-OH is 2. The molecule has 0 fully saturated rings. The van der Waals surface area contributed by atoms with Gasteiger partial charge < -0.3 is 20.3 Å². The first-order chi connectivity index (χ1) is 29.5. The van der Waals surface area contributed by atoms with E-state index in [2.05, 4.69) is 43.5 Å². The zero-order chi connectivity index (χ0) is 43.7. The lowest BCUT2D eigenvalue weighted by atomic mass is 10.1. The molecule has 0 rings (SSSR count). The first kappa shape index (κ1) is 58.1. The van der Waals surface area contributed by atoms with Crippen LogP contribution < -0.4 is 5.32 Å². The van der Waals surface area contributed by atoms with Gasteiger partial charge in [0.2, 0.25) is 5.91 Å². The van der Waals surface area contributed by atoms with Crippen molar-refractivity contribution < 1.29 is 24.5 Å². The molecule has 0 aliphatic rings. The molecule has 0 heterocycles.